The molecule has 3 nitrogen and oxygen atoms in total. The fourth-order valence-electron chi connectivity index (χ4n) is 1.25. The predicted octanol–water partition coefficient (Wildman–Crippen LogP) is 3.24. The zero-order valence-corrected chi connectivity index (χ0v) is 9.41. The second-order valence-electron chi connectivity index (χ2n) is 3.21. The van der Waals surface area contributed by atoms with Gasteiger partial charge in [-0.15, -0.1) is 0 Å². The molecular weight excluding hydrogens is 210 g/mol. The normalized spacial score (nSPS) is 10.8. The highest BCUT2D eigenvalue weighted by Crippen LogP contribution is 2.18. The highest BCUT2D eigenvalue weighted by molar-refractivity contribution is 7.80. The first-order chi connectivity index (χ1) is 7.15. The Morgan fingerprint density at radius 1 is 1.53 bits per heavy atom. The maximum Gasteiger partial charge on any atom is 0.269 e. The molecule has 0 spiro atoms. The summed E-state index contributed by atoms with van der Waals surface area (Å²) >= 11 is 4.10. The number of rotatable bonds is 4. The summed E-state index contributed by atoms with van der Waals surface area (Å²) in [5, 5.41) is 10.5. The lowest BCUT2D eigenvalue weighted by Crippen LogP contribution is -1.89. The van der Waals surface area contributed by atoms with Crippen LogP contribution in [0.2, 0.25) is 0 Å². The summed E-state index contributed by atoms with van der Waals surface area (Å²) in [7, 11) is 0. The molecule has 0 aliphatic rings. The van der Waals surface area contributed by atoms with Gasteiger partial charge in [-0.25, -0.2) is 0 Å². The van der Waals surface area contributed by atoms with Crippen molar-refractivity contribution in [1.29, 1.82) is 0 Å². The second-order valence-corrected chi connectivity index (χ2v) is 3.66. The monoisotopic (exact) mass is 223 g/mol. The number of hydrogen-bond donors (Lipinski definition) is 1. The van der Waals surface area contributed by atoms with Crippen molar-refractivity contribution in [3.63, 3.8) is 0 Å². The molecular formula is C11H13NO2S. The smallest absolute Gasteiger partial charge is 0.258 e. The molecule has 80 valence electrons. The Labute approximate surface area is 94.4 Å². The number of nitrogens with zero attached hydrogens (tertiary/aromatic N) is 1. The lowest BCUT2D eigenvalue weighted by atomic mass is 10.1. The SMILES string of the molecule is Cc1cc([N+](=O)[O-])ccc1C=CCCS. The molecule has 0 N–H and O–H groups in total. The van der Waals surface area contributed by atoms with Gasteiger partial charge in [-0.3, -0.25) is 10.1 Å². The highest BCUT2D eigenvalue weighted by Gasteiger charge is 2.05. The Hall–Kier alpha value is -1.29. The summed E-state index contributed by atoms with van der Waals surface area (Å²) in [6.45, 7) is 1.87. The van der Waals surface area contributed by atoms with Crippen molar-refractivity contribution in [3.05, 3.63) is 45.5 Å². The maximum absolute atomic E-state index is 10.5. The quantitative estimate of drug-likeness (QED) is 0.484. The van der Waals surface area contributed by atoms with Crippen molar-refractivity contribution >= 4 is 24.4 Å². The van der Waals surface area contributed by atoms with Crippen molar-refractivity contribution in [1.82, 2.24) is 0 Å². The van der Waals surface area contributed by atoms with E-state index in [0.29, 0.717) is 0 Å². The lowest BCUT2D eigenvalue weighted by Gasteiger charge is -1.99. The predicted molar refractivity (Wildman–Crippen MR) is 65.3 cm³/mol. The zero-order valence-electron chi connectivity index (χ0n) is 8.51. The molecule has 1 rings (SSSR count). The summed E-state index contributed by atoms with van der Waals surface area (Å²) in [4.78, 5) is 10.1. The van der Waals surface area contributed by atoms with Crippen molar-refractivity contribution in [2.24, 2.45) is 0 Å². The topological polar surface area (TPSA) is 43.1 Å². The molecule has 0 amide bonds. The van der Waals surface area contributed by atoms with E-state index in [-0.39, 0.29) is 10.6 Å². The van der Waals surface area contributed by atoms with Crippen LogP contribution in [0.4, 0.5) is 5.69 Å². The van der Waals surface area contributed by atoms with Crippen molar-refractivity contribution in [2.75, 3.05) is 5.75 Å². The molecule has 0 radical (unpaired) electrons. The number of hydrogen-bond acceptors (Lipinski definition) is 3. The maximum atomic E-state index is 10.5. The van der Waals surface area contributed by atoms with Gasteiger partial charge in [0.2, 0.25) is 0 Å². The molecule has 0 aliphatic heterocycles. The van der Waals surface area contributed by atoms with E-state index in [0.717, 1.165) is 23.3 Å². The van der Waals surface area contributed by atoms with E-state index in [1.54, 1.807) is 12.1 Å². The van der Waals surface area contributed by atoms with E-state index in [2.05, 4.69) is 12.6 Å². The molecule has 0 aromatic heterocycles. The Bertz CT molecular complexity index is 388. The molecule has 0 saturated carbocycles. The molecule has 1 aromatic carbocycles. The van der Waals surface area contributed by atoms with Crippen LogP contribution in [-0.4, -0.2) is 10.7 Å². The van der Waals surface area contributed by atoms with Gasteiger partial charge in [0.15, 0.2) is 0 Å². The Morgan fingerprint density at radius 3 is 2.80 bits per heavy atom. The van der Waals surface area contributed by atoms with Crippen LogP contribution < -0.4 is 0 Å². The van der Waals surface area contributed by atoms with Crippen LogP contribution in [0.15, 0.2) is 24.3 Å². The zero-order chi connectivity index (χ0) is 11.3. The van der Waals surface area contributed by atoms with Crippen LogP contribution in [0, 0.1) is 17.0 Å². The van der Waals surface area contributed by atoms with Gasteiger partial charge < -0.3 is 0 Å². The number of nitro groups is 1. The number of nitro benzene ring substituents is 1. The third-order valence-corrected chi connectivity index (χ3v) is 2.32. The van der Waals surface area contributed by atoms with E-state index in [1.165, 1.54) is 6.07 Å². The van der Waals surface area contributed by atoms with Gasteiger partial charge in [-0.05, 0) is 36.3 Å². The molecule has 15 heavy (non-hydrogen) atoms. The third-order valence-electron chi connectivity index (χ3n) is 2.06. The summed E-state index contributed by atoms with van der Waals surface area (Å²) in [5.41, 5.74) is 2.07. The van der Waals surface area contributed by atoms with Gasteiger partial charge in [0.25, 0.3) is 5.69 Å². The minimum atomic E-state index is -0.381. The van der Waals surface area contributed by atoms with Crippen molar-refractivity contribution < 1.29 is 4.92 Å². The molecule has 1 aromatic rings. The van der Waals surface area contributed by atoms with E-state index < -0.39 is 0 Å². The molecule has 0 atom stereocenters. The average Bonchev–Trinajstić information content (AvgIpc) is 2.20. The molecule has 4 heteroatoms. The summed E-state index contributed by atoms with van der Waals surface area (Å²) in [5.74, 6) is 0.808. The van der Waals surface area contributed by atoms with Crippen LogP contribution in [-0.2, 0) is 0 Å². The van der Waals surface area contributed by atoms with Gasteiger partial charge >= 0.3 is 0 Å². The first-order valence-electron chi connectivity index (χ1n) is 4.67. The standard InChI is InChI=1S/C11H13NO2S/c1-9-8-11(12(13)14)6-5-10(9)4-2-3-7-15/h2,4-6,8,15H,3,7H2,1H3. The first-order valence-corrected chi connectivity index (χ1v) is 5.31. The average molecular weight is 223 g/mol. The van der Waals surface area contributed by atoms with Gasteiger partial charge in [0, 0.05) is 12.1 Å². The number of non-ortho nitro benzene ring substituents is 1. The van der Waals surface area contributed by atoms with Gasteiger partial charge in [-0.2, -0.15) is 12.6 Å². The number of thiol groups is 1. The molecule has 0 saturated heterocycles. The van der Waals surface area contributed by atoms with E-state index >= 15 is 0 Å². The van der Waals surface area contributed by atoms with Crippen LogP contribution in [0.25, 0.3) is 6.08 Å². The third kappa shape index (κ3) is 3.40. The fraction of sp³-hybridized carbons (Fsp3) is 0.273. The summed E-state index contributed by atoms with van der Waals surface area (Å²) < 4.78 is 0. The van der Waals surface area contributed by atoms with E-state index in [1.807, 2.05) is 19.1 Å². The van der Waals surface area contributed by atoms with Gasteiger partial charge in [0.1, 0.15) is 0 Å². The Balaban J connectivity index is 2.88. The number of benzene rings is 1. The van der Waals surface area contributed by atoms with Gasteiger partial charge in [-0.1, -0.05) is 12.2 Å². The first kappa shape index (κ1) is 11.8. The highest BCUT2D eigenvalue weighted by atomic mass is 32.1. The molecule has 0 aliphatic carbocycles. The van der Waals surface area contributed by atoms with Crippen molar-refractivity contribution in [3.8, 4) is 0 Å². The number of allylic oxidation sites excluding steroid dienone is 1. The minimum absolute atomic E-state index is 0.138. The summed E-state index contributed by atoms with van der Waals surface area (Å²) in [6.07, 6.45) is 4.88. The fourth-order valence-corrected chi connectivity index (χ4v) is 1.39. The van der Waals surface area contributed by atoms with Gasteiger partial charge in [0.05, 0.1) is 4.92 Å². The van der Waals surface area contributed by atoms with Crippen LogP contribution >= 0.6 is 12.6 Å². The van der Waals surface area contributed by atoms with E-state index in [4.69, 9.17) is 0 Å². The van der Waals surface area contributed by atoms with E-state index in [9.17, 15) is 10.1 Å². The van der Waals surface area contributed by atoms with Crippen molar-refractivity contribution in [2.45, 2.75) is 13.3 Å². The summed E-state index contributed by atoms with van der Waals surface area (Å²) in [6, 6.07) is 4.87. The minimum Gasteiger partial charge on any atom is -0.258 e. The molecule has 0 fully saturated rings. The van der Waals surface area contributed by atoms with Crippen LogP contribution in [0.1, 0.15) is 17.5 Å². The second kappa shape index (κ2) is 5.56. The molecule has 0 heterocycles. The van der Waals surface area contributed by atoms with Crippen LogP contribution in [0.3, 0.4) is 0 Å². The molecule has 0 unspecified atom stereocenters. The number of aryl methyl sites for hydroxylation is 1. The Morgan fingerprint density at radius 2 is 2.27 bits per heavy atom. The Kier molecular flexibility index (Phi) is 4.37. The lowest BCUT2D eigenvalue weighted by molar-refractivity contribution is -0.384. The van der Waals surface area contributed by atoms with Crippen LogP contribution in [0.5, 0.6) is 0 Å². The molecule has 0 bridgehead atoms. The largest absolute Gasteiger partial charge is 0.269 e.